The Bertz CT molecular complexity index is 680. The van der Waals surface area contributed by atoms with E-state index in [1.807, 2.05) is 0 Å². The predicted octanol–water partition coefficient (Wildman–Crippen LogP) is -6.90. The van der Waals surface area contributed by atoms with Crippen LogP contribution in [0.3, 0.4) is 0 Å². The largest absolute Gasteiger partial charge is 0.388 e. The first-order valence-electron chi connectivity index (χ1n) is 11.7. The number of methoxy groups -OCH3 is 1. The van der Waals surface area contributed by atoms with E-state index in [4.69, 9.17) is 41.9 Å². The van der Waals surface area contributed by atoms with E-state index in [1.165, 1.54) is 7.11 Å². The third-order valence-electron chi connectivity index (χ3n) is 6.36. The van der Waals surface area contributed by atoms with Crippen molar-refractivity contribution in [1.29, 1.82) is 0 Å². The van der Waals surface area contributed by atoms with Crippen molar-refractivity contribution in [3.05, 3.63) is 0 Å². The monoisotopic (exact) mass is 527 g/mol. The summed E-state index contributed by atoms with van der Waals surface area (Å²) in [5.74, 6) is -0.778. The second kappa shape index (κ2) is 14.2. The van der Waals surface area contributed by atoms with Crippen molar-refractivity contribution in [2.45, 2.75) is 92.4 Å². The summed E-state index contributed by atoms with van der Waals surface area (Å²) in [4.78, 5) is 12.4. The quantitative estimate of drug-likeness (QED) is 0.105. The number of hydrogen-bond acceptors (Lipinski definition) is 15. The molecule has 1 heterocycles. The lowest BCUT2D eigenvalue weighted by Crippen LogP contribution is -2.68. The van der Waals surface area contributed by atoms with E-state index < -0.39 is 85.5 Å². The summed E-state index contributed by atoms with van der Waals surface area (Å²) in [7, 11) is 1.24. The molecule has 0 spiro atoms. The van der Waals surface area contributed by atoms with Crippen molar-refractivity contribution in [2.75, 3.05) is 26.7 Å². The van der Waals surface area contributed by atoms with Crippen LogP contribution in [0.4, 0.5) is 0 Å². The van der Waals surface area contributed by atoms with Crippen molar-refractivity contribution >= 4 is 5.91 Å². The van der Waals surface area contributed by atoms with Gasteiger partial charge in [0.05, 0.1) is 6.04 Å². The molecule has 16 nitrogen and oxygen atoms in total. The lowest BCUT2D eigenvalue weighted by molar-refractivity contribution is -0.324. The molecule has 0 unspecified atom stereocenters. The molecule has 0 aromatic carbocycles. The highest BCUT2D eigenvalue weighted by Gasteiger charge is 2.50. The van der Waals surface area contributed by atoms with Gasteiger partial charge in [0.25, 0.3) is 0 Å². The van der Waals surface area contributed by atoms with Crippen LogP contribution >= 0.6 is 0 Å². The molecule has 2 aliphatic rings. The number of nitrogens with one attached hydrogen (secondary N) is 1. The Morgan fingerprint density at radius 3 is 2.28 bits per heavy atom. The number of nitrogens with two attached hydrogens (primary N) is 4. The standard InChI is InChI=1S/C20H41N5O11/c1-33-19(10(27)5-22)36-17-8(25-18(32)9(26)2-3-21)4-7(24)16(15(17)31)35-20-14(30)13(29)12(28)11(6-23)34-20/h7-17,19-20,26-31H,2-6,21-24H2,1H3,(H,25,32)/t7-,8+,9+,10-,11+,12+,13-,14+,15-,16+,17-,19+,20+/m0/s1. The zero-order valence-electron chi connectivity index (χ0n) is 20.1. The van der Waals surface area contributed by atoms with Gasteiger partial charge in [0.15, 0.2) is 12.6 Å². The smallest absolute Gasteiger partial charge is 0.249 e. The number of rotatable bonds is 12. The minimum Gasteiger partial charge on any atom is -0.388 e. The maximum Gasteiger partial charge on any atom is 0.249 e. The summed E-state index contributed by atoms with van der Waals surface area (Å²) in [6, 6.07) is -1.94. The normalized spacial score (nSPS) is 39.9. The van der Waals surface area contributed by atoms with Crippen LogP contribution in [0.1, 0.15) is 12.8 Å². The molecule has 15 N–H and O–H groups in total. The Hall–Kier alpha value is -1.09. The van der Waals surface area contributed by atoms with Crippen LogP contribution in [0.25, 0.3) is 0 Å². The molecule has 0 bridgehead atoms. The summed E-state index contributed by atoms with van der Waals surface area (Å²) in [5, 5.41) is 64.3. The SMILES string of the molecule is CO[C@H](O[C@@H]1[C@@H](O)[C@H](O[C@H]2O[C@H](CN)[C@@H](O)[C@H](O)[C@H]2O)[C@@H](N)C[C@H]1NC(=O)[C@H](O)CCN)[C@@H](O)CN. The molecule has 2 fully saturated rings. The van der Waals surface area contributed by atoms with Gasteiger partial charge in [-0.1, -0.05) is 0 Å². The fraction of sp³-hybridized carbons (Fsp3) is 0.950. The van der Waals surface area contributed by atoms with Gasteiger partial charge in [0, 0.05) is 26.2 Å². The average Bonchev–Trinajstić information content (AvgIpc) is 2.85. The van der Waals surface area contributed by atoms with Crippen LogP contribution in [0.5, 0.6) is 0 Å². The molecule has 1 saturated heterocycles. The van der Waals surface area contributed by atoms with Gasteiger partial charge in [-0.25, -0.2) is 0 Å². The maximum absolute atomic E-state index is 12.4. The van der Waals surface area contributed by atoms with Gasteiger partial charge in [-0.3, -0.25) is 4.79 Å². The first-order valence-corrected chi connectivity index (χ1v) is 11.7. The molecule has 1 amide bonds. The molecule has 0 radical (unpaired) electrons. The number of aliphatic hydroxyl groups is 6. The van der Waals surface area contributed by atoms with E-state index in [1.54, 1.807) is 0 Å². The molecule has 16 heteroatoms. The van der Waals surface area contributed by atoms with E-state index >= 15 is 0 Å². The molecular weight excluding hydrogens is 486 g/mol. The van der Waals surface area contributed by atoms with Crippen molar-refractivity contribution in [1.82, 2.24) is 5.32 Å². The van der Waals surface area contributed by atoms with Gasteiger partial charge < -0.3 is 77.8 Å². The molecule has 1 aliphatic carbocycles. The van der Waals surface area contributed by atoms with E-state index in [0.29, 0.717) is 0 Å². The highest BCUT2D eigenvalue weighted by atomic mass is 16.7. The van der Waals surface area contributed by atoms with Crippen LogP contribution in [0.15, 0.2) is 0 Å². The lowest BCUT2D eigenvalue weighted by Gasteiger charge is -2.47. The minimum absolute atomic E-state index is 0.00953. The maximum atomic E-state index is 12.4. The van der Waals surface area contributed by atoms with Gasteiger partial charge in [-0.2, -0.15) is 0 Å². The summed E-state index contributed by atoms with van der Waals surface area (Å²) < 4.78 is 22.1. The highest BCUT2D eigenvalue weighted by molar-refractivity contribution is 5.80. The van der Waals surface area contributed by atoms with Crippen molar-refractivity contribution in [3.63, 3.8) is 0 Å². The van der Waals surface area contributed by atoms with E-state index in [9.17, 15) is 35.4 Å². The van der Waals surface area contributed by atoms with Crippen molar-refractivity contribution < 1.29 is 54.4 Å². The molecule has 1 aliphatic heterocycles. The molecule has 2 rings (SSSR count). The number of hydrogen-bond donors (Lipinski definition) is 11. The number of ether oxygens (including phenoxy) is 4. The molecule has 0 aromatic rings. The zero-order valence-corrected chi connectivity index (χ0v) is 20.1. The molecule has 36 heavy (non-hydrogen) atoms. The van der Waals surface area contributed by atoms with Crippen molar-refractivity contribution in [2.24, 2.45) is 22.9 Å². The minimum atomic E-state index is -1.70. The average molecular weight is 528 g/mol. The van der Waals surface area contributed by atoms with Gasteiger partial charge in [0.2, 0.25) is 5.91 Å². The molecule has 1 saturated carbocycles. The van der Waals surface area contributed by atoms with Gasteiger partial charge in [-0.15, -0.1) is 0 Å². The number of aliphatic hydroxyl groups excluding tert-OH is 6. The number of carbonyl (C=O) groups is 1. The number of carbonyl (C=O) groups excluding carboxylic acids is 1. The van der Waals surface area contributed by atoms with Crippen LogP contribution < -0.4 is 28.3 Å². The van der Waals surface area contributed by atoms with Crippen LogP contribution in [-0.4, -0.2) is 143 Å². The lowest BCUT2D eigenvalue weighted by atomic mass is 9.83. The molecular formula is C20H41N5O11. The molecule has 13 atom stereocenters. The Morgan fingerprint density at radius 1 is 1.06 bits per heavy atom. The second-order valence-corrected chi connectivity index (χ2v) is 8.96. The summed E-state index contributed by atoms with van der Waals surface area (Å²) in [6.07, 6.45) is -15.6. The Labute approximate surface area is 208 Å². The van der Waals surface area contributed by atoms with Crippen LogP contribution in [0, 0.1) is 0 Å². The summed E-state index contributed by atoms with van der Waals surface area (Å²) >= 11 is 0. The molecule has 212 valence electrons. The van der Waals surface area contributed by atoms with Crippen molar-refractivity contribution in [3.8, 4) is 0 Å². The first-order chi connectivity index (χ1) is 17.0. The number of amides is 1. The first kappa shape index (κ1) is 31.1. The van der Waals surface area contributed by atoms with Crippen LogP contribution in [0.2, 0.25) is 0 Å². The molecule has 0 aromatic heterocycles. The van der Waals surface area contributed by atoms with Gasteiger partial charge in [0.1, 0.15) is 54.9 Å². The third-order valence-corrected chi connectivity index (χ3v) is 6.36. The Kier molecular flexibility index (Phi) is 12.3. The summed E-state index contributed by atoms with van der Waals surface area (Å²) in [5.41, 5.74) is 22.7. The Morgan fingerprint density at radius 2 is 1.72 bits per heavy atom. The van der Waals surface area contributed by atoms with E-state index in [2.05, 4.69) is 5.32 Å². The van der Waals surface area contributed by atoms with E-state index in [0.717, 1.165) is 0 Å². The summed E-state index contributed by atoms with van der Waals surface area (Å²) in [6.45, 7) is -0.378. The topological polar surface area (TPSA) is 291 Å². The van der Waals surface area contributed by atoms with Gasteiger partial charge >= 0.3 is 0 Å². The fourth-order valence-corrected chi connectivity index (χ4v) is 4.25. The third kappa shape index (κ3) is 7.27. The van der Waals surface area contributed by atoms with E-state index in [-0.39, 0.29) is 32.5 Å². The van der Waals surface area contributed by atoms with Gasteiger partial charge in [-0.05, 0) is 19.4 Å². The Balaban J connectivity index is 2.26. The predicted molar refractivity (Wildman–Crippen MR) is 122 cm³/mol. The fourth-order valence-electron chi connectivity index (χ4n) is 4.25. The second-order valence-electron chi connectivity index (χ2n) is 8.96. The highest BCUT2D eigenvalue weighted by Crippen LogP contribution is 2.30. The van der Waals surface area contributed by atoms with Crippen LogP contribution in [-0.2, 0) is 23.7 Å². The zero-order chi connectivity index (χ0) is 27.2.